The molecule has 6 nitrogen and oxygen atoms in total. The summed E-state index contributed by atoms with van der Waals surface area (Å²) in [4.78, 5) is 17.6. The number of anilines is 1. The van der Waals surface area contributed by atoms with Gasteiger partial charge in [0.2, 0.25) is 16.0 Å². The Morgan fingerprint density at radius 2 is 2.00 bits per heavy atom. The molecule has 3 heterocycles. The Hall–Kier alpha value is -2.48. The van der Waals surface area contributed by atoms with Crippen LogP contribution in [0.25, 0.3) is 0 Å². The maximum Gasteiger partial charge on any atom is 0.254 e. The van der Waals surface area contributed by atoms with E-state index in [1.54, 1.807) is 0 Å². The van der Waals surface area contributed by atoms with E-state index in [-0.39, 0.29) is 18.0 Å². The fraction of sp³-hybridized carbons (Fsp3) is 0.368. The molecule has 1 atom stereocenters. The molecule has 1 saturated heterocycles. The first-order valence-corrected chi connectivity index (χ1v) is 10.5. The van der Waals surface area contributed by atoms with Gasteiger partial charge in [-0.05, 0) is 37.0 Å². The first-order valence-electron chi connectivity index (χ1n) is 8.97. The number of benzene rings is 1. The van der Waals surface area contributed by atoms with Crippen LogP contribution in [0.2, 0.25) is 0 Å². The molecule has 4 rings (SSSR count). The molecule has 2 aromatic rings. The van der Waals surface area contributed by atoms with Crippen LogP contribution in [0.15, 0.2) is 42.6 Å². The first-order chi connectivity index (χ1) is 13.0. The largest absolute Gasteiger partial charge is 0.337 e. The van der Waals surface area contributed by atoms with Crippen molar-refractivity contribution in [3.05, 3.63) is 59.7 Å². The summed E-state index contributed by atoms with van der Waals surface area (Å²) in [6.45, 7) is 1.01. The Morgan fingerprint density at radius 1 is 1.19 bits per heavy atom. The topological polar surface area (TPSA) is 70.6 Å². The fourth-order valence-corrected chi connectivity index (χ4v) is 5.83. The van der Waals surface area contributed by atoms with E-state index < -0.39 is 21.2 Å². The van der Waals surface area contributed by atoms with Crippen LogP contribution < -0.4 is 4.31 Å². The molecule has 0 N–H and O–H groups in total. The minimum atomic E-state index is -3.58. The summed E-state index contributed by atoms with van der Waals surface area (Å²) in [5.41, 5.74) is 1.95. The van der Waals surface area contributed by atoms with Gasteiger partial charge in [-0.2, -0.15) is 4.39 Å². The average molecular weight is 389 g/mol. The third kappa shape index (κ3) is 3.29. The molecule has 27 heavy (non-hydrogen) atoms. The first kappa shape index (κ1) is 17.9. The molecule has 0 spiro atoms. The normalized spacial score (nSPS) is 19.8. The zero-order chi connectivity index (χ0) is 19.0. The number of para-hydroxylation sites is 1. The predicted molar refractivity (Wildman–Crippen MR) is 99.5 cm³/mol. The van der Waals surface area contributed by atoms with Gasteiger partial charge < -0.3 is 4.90 Å². The number of hydrogen-bond donors (Lipinski definition) is 0. The van der Waals surface area contributed by atoms with Crippen molar-refractivity contribution >= 4 is 21.6 Å². The Labute approximate surface area is 157 Å². The van der Waals surface area contributed by atoms with Crippen molar-refractivity contribution in [2.45, 2.75) is 24.5 Å². The Morgan fingerprint density at radius 3 is 2.81 bits per heavy atom. The third-order valence-corrected chi connectivity index (χ3v) is 7.43. The second kappa shape index (κ2) is 6.92. The number of amides is 1. The van der Waals surface area contributed by atoms with Gasteiger partial charge in [0.25, 0.3) is 5.91 Å². The summed E-state index contributed by atoms with van der Waals surface area (Å²) >= 11 is 0. The molecule has 2 aliphatic heterocycles. The van der Waals surface area contributed by atoms with Gasteiger partial charge in [-0.3, -0.25) is 9.10 Å². The highest BCUT2D eigenvalue weighted by molar-refractivity contribution is 7.93. The Balaban J connectivity index is 1.55. The summed E-state index contributed by atoms with van der Waals surface area (Å²) in [6.07, 6.45) is 3.04. The van der Waals surface area contributed by atoms with Crippen LogP contribution in [-0.4, -0.2) is 49.1 Å². The lowest BCUT2D eigenvalue weighted by molar-refractivity contribution is 0.0726. The molecule has 1 aromatic heterocycles. The van der Waals surface area contributed by atoms with Crippen LogP contribution in [0, 0.1) is 5.95 Å². The van der Waals surface area contributed by atoms with E-state index in [4.69, 9.17) is 0 Å². The van der Waals surface area contributed by atoms with Gasteiger partial charge in [0.05, 0.1) is 10.9 Å². The van der Waals surface area contributed by atoms with E-state index in [9.17, 15) is 17.6 Å². The molecule has 142 valence electrons. The van der Waals surface area contributed by atoms with Gasteiger partial charge in [-0.1, -0.05) is 18.2 Å². The van der Waals surface area contributed by atoms with Crippen molar-refractivity contribution in [1.82, 2.24) is 9.88 Å². The predicted octanol–water partition coefficient (Wildman–Crippen LogP) is 2.22. The maximum atomic E-state index is 13.3. The molecular weight excluding hydrogens is 369 g/mol. The highest BCUT2D eigenvalue weighted by Gasteiger charge is 2.39. The van der Waals surface area contributed by atoms with E-state index >= 15 is 0 Å². The molecule has 0 aliphatic carbocycles. The summed E-state index contributed by atoms with van der Waals surface area (Å²) in [6, 6.07) is 10.0. The summed E-state index contributed by atoms with van der Waals surface area (Å²) in [7, 11) is -3.58. The van der Waals surface area contributed by atoms with Crippen molar-refractivity contribution in [3.8, 4) is 0 Å². The third-order valence-electron chi connectivity index (χ3n) is 5.21. The number of sulfonamides is 1. The lowest BCUT2D eigenvalue weighted by Crippen LogP contribution is -2.49. The number of rotatable bonds is 3. The SMILES string of the molecule is O=C(c1ccnc(F)c1)N1CCCC(S(=O)(=O)N2CCc3ccccc32)C1. The lowest BCUT2D eigenvalue weighted by atomic mass is 10.1. The number of pyridine rings is 1. The number of fused-ring (bicyclic) bond motifs is 1. The number of piperidine rings is 1. The molecule has 1 aromatic carbocycles. The van der Waals surface area contributed by atoms with Crippen LogP contribution in [0.1, 0.15) is 28.8 Å². The molecule has 1 amide bonds. The standard InChI is InChI=1S/C19H20FN3O3S/c20-18-12-15(7-9-21-18)19(24)22-10-3-5-16(13-22)27(25,26)23-11-8-14-4-1-2-6-17(14)23/h1-2,4,6-7,9,12,16H,3,5,8,10-11,13H2. The number of hydrogen-bond acceptors (Lipinski definition) is 4. The van der Waals surface area contributed by atoms with Crippen molar-refractivity contribution in [3.63, 3.8) is 0 Å². The number of halogens is 1. The number of carbonyl (C=O) groups is 1. The second-order valence-corrected chi connectivity index (χ2v) is 9.02. The number of likely N-dealkylation sites (tertiary alicyclic amines) is 1. The van der Waals surface area contributed by atoms with E-state index in [1.165, 1.54) is 21.5 Å². The molecule has 8 heteroatoms. The summed E-state index contributed by atoms with van der Waals surface area (Å²) in [5.74, 6) is -1.09. The second-order valence-electron chi connectivity index (χ2n) is 6.88. The highest BCUT2D eigenvalue weighted by atomic mass is 32.2. The van der Waals surface area contributed by atoms with Crippen LogP contribution in [0.5, 0.6) is 0 Å². The quantitative estimate of drug-likeness (QED) is 0.755. The molecule has 0 bridgehead atoms. The van der Waals surface area contributed by atoms with E-state index in [0.717, 1.165) is 17.3 Å². The minimum absolute atomic E-state index is 0.115. The molecular formula is C19H20FN3O3S. The molecule has 1 fully saturated rings. The summed E-state index contributed by atoms with van der Waals surface area (Å²) < 4.78 is 41.3. The van der Waals surface area contributed by atoms with Crippen molar-refractivity contribution in [2.75, 3.05) is 23.9 Å². The zero-order valence-corrected chi connectivity index (χ0v) is 15.5. The van der Waals surface area contributed by atoms with Crippen LogP contribution in [0.4, 0.5) is 10.1 Å². The highest BCUT2D eigenvalue weighted by Crippen LogP contribution is 2.33. The van der Waals surface area contributed by atoms with E-state index in [0.29, 0.717) is 32.4 Å². The average Bonchev–Trinajstić information content (AvgIpc) is 3.12. The van der Waals surface area contributed by atoms with Gasteiger partial charge in [0.15, 0.2) is 0 Å². The minimum Gasteiger partial charge on any atom is -0.337 e. The smallest absolute Gasteiger partial charge is 0.254 e. The van der Waals surface area contributed by atoms with Crippen molar-refractivity contribution in [1.29, 1.82) is 0 Å². The summed E-state index contributed by atoms with van der Waals surface area (Å²) in [5, 5.41) is -0.659. The van der Waals surface area contributed by atoms with Crippen molar-refractivity contribution < 1.29 is 17.6 Å². The number of carbonyl (C=O) groups excluding carboxylic acids is 1. The van der Waals surface area contributed by atoms with Gasteiger partial charge in [-0.15, -0.1) is 0 Å². The van der Waals surface area contributed by atoms with E-state index in [1.807, 2.05) is 24.3 Å². The number of nitrogens with zero attached hydrogens (tertiary/aromatic N) is 3. The van der Waals surface area contributed by atoms with Crippen molar-refractivity contribution in [2.24, 2.45) is 0 Å². The Bertz CT molecular complexity index is 980. The fourth-order valence-electron chi connectivity index (χ4n) is 3.84. The van der Waals surface area contributed by atoms with Crippen LogP contribution >= 0.6 is 0 Å². The van der Waals surface area contributed by atoms with Gasteiger partial charge in [-0.25, -0.2) is 13.4 Å². The van der Waals surface area contributed by atoms with Crippen LogP contribution in [-0.2, 0) is 16.4 Å². The monoisotopic (exact) mass is 389 g/mol. The van der Waals surface area contributed by atoms with Gasteiger partial charge in [0.1, 0.15) is 0 Å². The lowest BCUT2D eigenvalue weighted by Gasteiger charge is -2.35. The number of aromatic nitrogens is 1. The van der Waals surface area contributed by atoms with Gasteiger partial charge >= 0.3 is 0 Å². The maximum absolute atomic E-state index is 13.3. The van der Waals surface area contributed by atoms with Gasteiger partial charge in [0, 0.05) is 37.5 Å². The molecule has 0 radical (unpaired) electrons. The van der Waals surface area contributed by atoms with Crippen LogP contribution in [0.3, 0.4) is 0 Å². The molecule has 2 aliphatic rings. The Kier molecular flexibility index (Phi) is 4.59. The van der Waals surface area contributed by atoms with E-state index in [2.05, 4.69) is 4.98 Å². The molecule has 0 saturated carbocycles. The zero-order valence-electron chi connectivity index (χ0n) is 14.7. The molecule has 1 unspecified atom stereocenters.